The minimum Gasteiger partial charge on any atom is -0.340 e. The van der Waals surface area contributed by atoms with Crippen molar-refractivity contribution in [2.45, 2.75) is 19.9 Å². The van der Waals surface area contributed by atoms with Crippen molar-refractivity contribution < 1.29 is 0 Å². The summed E-state index contributed by atoms with van der Waals surface area (Å²) in [5, 5.41) is 20.3. The van der Waals surface area contributed by atoms with E-state index in [2.05, 4.69) is 53.6 Å². The van der Waals surface area contributed by atoms with E-state index in [4.69, 9.17) is 0 Å². The Morgan fingerprint density at radius 3 is 2.64 bits per heavy atom. The highest BCUT2D eigenvalue weighted by molar-refractivity contribution is 5.59. The highest BCUT2D eigenvalue weighted by Gasteiger charge is 2.21. The molecule has 1 saturated heterocycles. The summed E-state index contributed by atoms with van der Waals surface area (Å²) in [6.45, 7) is 11.8. The maximum atomic E-state index is 4.53. The molecule has 1 fully saturated rings. The van der Waals surface area contributed by atoms with E-state index in [1.54, 1.807) is 11.0 Å². The van der Waals surface area contributed by atoms with Crippen LogP contribution in [0.4, 0.5) is 5.95 Å². The van der Waals surface area contributed by atoms with Crippen molar-refractivity contribution in [3.8, 4) is 17.1 Å². The third kappa shape index (κ3) is 3.65. The number of anilines is 1. The summed E-state index contributed by atoms with van der Waals surface area (Å²) < 4.78 is 3.82. The Morgan fingerprint density at radius 2 is 1.93 bits per heavy atom. The maximum Gasteiger partial charge on any atom is 0.227 e. The Kier molecular flexibility index (Phi) is 5.43. The highest BCUT2D eigenvalue weighted by Crippen LogP contribution is 2.24. The molecule has 3 heterocycles. The lowest BCUT2D eigenvalue weighted by Crippen LogP contribution is -2.32. The van der Waals surface area contributed by atoms with Gasteiger partial charge in [-0.1, -0.05) is 6.08 Å². The minimum absolute atomic E-state index is 0.819. The monoisotopic (exact) mass is 379 g/mol. The van der Waals surface area contributed by atoms with Gasteiger partial charge < -0.3 is 4.90 Å². The first-order valence-corrected chi connectivity index (χ1v) is 9.65. The standard InChI is InChI=1S/C19H25N9/c1-3-10-25-11-5-12-26(14-13-25)19-22-21-18(27(19)4-2)16-6-8-17(9-7-16)28-15-20-23-24-28/h3,6-9,15H,1,4-5,10-14H2,2H3. The third-order valence-corrected chi connectivity index (χ3v) is 5.05. The second kappa shape index (κ2) is 8.30. The molecular weight excluding hydrogens is 354 g/mol. The van der Waals surface area contributed by atoms with Crippen LogP contribution in [0.3, 0.4) is 0 Å². The summed E-state index contributed by atoms with van der Waals surface area (Å²) in [6.07, 6.45) is 4.67. The molecule has 4 rings (SSSR count). The summed E-state index contributed by atoms with van der Waals surface area (Å²) in [5.74, 6) is 1.83. The van der Waals surface area contributed by atoms with Crippen LogP contribution in [0, 0.1) is 0 Å². The molecule has 0 aliphatic carbocycles. The summed E-state index contributed by atoms with van der Waals surface area (Å²) >= 11 is 0. The average Bonchev–Trinajstić information content (AvgIpc) is 3.35. The Hall–Kier alpha value is -3.07. The lowest BCUT2D eigenvalue weighted by molar-refractivity contribution is 0.325. The second-order valence-corrected chi connectivity index (χ2v) is 6.80. The van der Waals surface area contributed by atoms with E-state index >= 15 is 0 Å². The molecule has 146 valence electrons. The van der Waals surface area contributed by atoms with Gasteiger partial charge in [-0.2, -0.15) is 0 Å². The lowest BCUT2D eigenvalue weighted by atomic mass is 10.2. The van der Waals surface area contributed by atoms with Crippen LogP contribution in [-0.4, -0.2) is 72.6 Å². The zero-order valence-corrected chi connectivity index (χ0v) is 16.1. The van der Waals surface area contributed by atoms with Gasteiger partial charge in [0.1, 0.15) is 6.33 Å². The van der Waals surface area contributed by atoms with Crippen LogP contribution in [-0.2, 0) is 6.54 Å². The third-order valence-electron chi connectivity index (χ3n) is 5.05. The summed E-state index contributed by atoms with van der Waals surface area (Å²) in [5.41, 5.74) is 1.94. The van der Waals surface area contributed by atoms with Gasteiger partial charge in [0, 0.05) is 44.8 Å². The molecule has 0 saturated carbocycles. The normalized spacial score (nSPS) is 15.5. The minimum atomic E-state index is 0.819. The van der Waals surface area contributed by atoms with E-state index in [1.807, 2.05) is 30.3 Å². The summed E-state index contributed by atoms with van der Waals surface area (Å²) in [4.78, 5) is 4.77. The van der Waals surface area contributed by atoms with Crippen LogP contribution < -0.4 is 4.90 Å². The molecule has 1 aliphatic rings. The fraction of sp³-hybridized carbons (Fsp3) is 0.421. The van der Waals surface area contributed by atoms with E-state index in [0.29, 0.717) is 0 Å². The molecule has 2 aromatic heterocycles. The Labute approximate surface area is 164 Å². The number of hydrogen-bond acceptors (Lipinski definition) is 7. The van der Waals surface area contributed by atoms with Crippen molar-refractivity contribution in [2.75, 3.05) is 37.6 Å². The van der Waals surface area contributed by atoms with Gasteiger partial charge in [0.25, 0.3) is 0 Å². The molecule has 9 nitrogen and oxygen atoms in total. The smallest absolute Gasteiger partial charge is 0.227 e. The fourth-order valence-electron chi connectivity index (χ4n) is 3.61. The van der Waals surface area contributed by atoms with Gasteiger partial charge in [0.2, 0.25) is 5.95 Å². The van der Waals surface area contributed by atoms with Crippen LogP contribution in [0.15, 0.2) is 43.2 Å². The van der Waals surface area contributed by atoms with Crippen molar-refractivity contribution in [1.29, 1.82) is 0 Å². The lowest BCUT2D eigenvalue weighted by Gasteiger charge is -2.22. The number of tetrazole rings is 1. The highest BCUT2D eigenvalue weighted by atomic mass is 15.5. The maximum absolute atomic E-state index is 4.53. The van der Waals surface area contributed by atoms with Crippen LogP contribution in [0.5, 0.6) is 0 Å². The number of hydrogen-bond donors (Lipinski definition) is 0. The van der Waals surface area contributed by atoms with E-state index in [0.717, 1.165) is 68.7 Å². The molecule has 0 N–H and O–H groups in total. The molecule has 0 radical (unpaired) electrons. The number of nitrogens with zero attached hydrogens (tertiary/aromatic N) is 9. The molecule has 0 bridgehead atoms. The topological polar surface area (TPSA) is 80.8 Å². The largest absolute Gasteiger partial charge is 0.340 e. The first-order chi connectivity index (χ1) is 13.8. The van der Waals surface area contributed by atoms with Crippen LogP contribution >= 0.6 is 0 Å². The van der Waals surface area contributed by atoms with Crippen LogP contribution in [0.25, 0.3) is 17.1 Å². The van der Waals surface area contributed by atoms with Crippen molar-refractivity contribution in [3.05, 3.63) is 43.2 Å². The van der Waals surface area contributed by atoms with Crippen molar-refractivity contribution in [2.24, 2.45) is 0 Å². The van der Waals surface area contributed by atoms with Gasteiger partial charge >= 0.3 is 0 Å². The van der Waals surface area contributed by atoms with Gasteiger partial charge in [-0.05, 0) is 48.0 Å². The van der Waals surface area contributed by atoms with Crippen molar-refractivity contribution in [1.82, 2.24) is 39.9 Å². The number of benzene rings is 1. The second-order valence-electron chi connectivity index (χ2n) is 6.80. The summed E-state index contributed by atoms with van der Waals surface area (Å²) in [6, 6.07) is 8.04. The van der Waals surface area contributed by atoms with Crippen LogP contribution in [0.2, 0.25) is 0 Å². The van der Waals surface area contributed by atoms with Crippen LogP contribution in [0.1, 0.15) is 13.3 Å². The molecule has 0 amide bonds. The molecule has 0 unspecified atom stereocenters. The molecule has 0 spiro atoms. The first-order valence-electron chi connectivity index (χ1n) is 9.65. The molecule has 1 aliphatic heterocycles. The summed E-state index contributed by atoms with van der Waals surface area (Å²) in [7, 11) is 0. The fourth-order valence-corrected chi connectivity index (χ4v) is 3.61. The molecule has 1 aromatic carbocycles. The van der Waals surface area contributed by atoms with E-state index in [1.165, 1.54) is 0 Å². The molecule has 0 atom stereocenters. The Morgan fingerprint density at radius 1 is 1.07 bits per heavy atom. The van der Waals surface area contributed by atoms with Gasteiger partial charge in [0.15, 0.2) is 5.82 Å². The van der Waals surface area contributed by atoms with E-state index < -0.39 is 0 Å². The predicted octanol–water partition coefficient (Wildman–Crippen LogP) is 1.64. The van der Waals surface area contributed by atoms with E-state index in [-0.39, 0.29) is 0 Å². The van der Waals surface area contributed by atoms with Gasteiger partial charge in [-0.15, -0.1) is 21.9 Å². The van der Waals surface area contributed by atoms with Gasteiger partial charge in [-0.3, -0.25) is 9.47 Å². The zero-order chi connectivity index (χ0) is 19.3. The molecular formula is C19H25N9. The number of aromatic nitrogens is 7. The Balaban J connectivity index is 1.56. The van der Waals surface area contributed by atoms with Gasteiger partial charge in [-0.25, -0.2) is 4.68 Å². The van der Waals surface area contributed by atoms with Crippen molar-refractivity contribution >= 4 is 5.95 Å². The quantitative estimate of drug-likeness (QED) is 0.602. The zero-order valence-electron chi connectivity index (χ0n) is 16.1. The average molecular weight is 379 g/mol. The molecule has 28 heavy (non-hydrogen) atoms. The van der Waals surface area contributed by atoms with E-state index in [9.17, 15) is 0 Å². The molecule has 9 heteroatoms. The Bertz CT molecular complexity index is 898. The first kappa shape index (κ1) is 18.3. The SMILES string of the molecule is C=CCN1CCCN(c2nnc(-c3ccc(-n4cnnn4)cc3)n2CC)CC1. The predicted molar refractivity (Wildman–Crippen MR) is 107 cm³/mol. The number of rotatable bonds is 6. The molecule has 3 aromatic rings. The van der Waals surface area contributed by atoms with Gasteiger partial charge in [0.05, 0.1) is 5.69 Å². The van der Waals surface area contributed by atoms with Crippen molar-refractivity contribution in [3.63, 3.8) is 0 Å².